The lowest BCUT2D eigenvalue weighted by atomic mass is 9.97. The van der Waals surface area contributed by atoms with Crippen LogP contribution in [0, 0.1) is 12.2 Å². The van der Waals surface area contributed by atoms with Gasteiger partial charge >= 0.3 is 0 Å². The van der Waals surface area contributed by atoms with E-state index in [1.807, 2.05) is 6.92 Å². The van der Waals surface area contributed by atoms with Gasteiger partial charge in [0, 0.05) is 6.54 Å². The summed E-state index contributed by atoms with van der Waals surface area (Å²) in [6, 6.07) is 6.03. The number of aliphatic hydroxyl groups is 1. The van der Waals surface area contributed by atoms with Gasteiger partial charge in [0.1, 0.15) is 5.82 Å². The maximum atomic E-state index is 12.7. The minimum Gasteiger partial charge on any atom is -0.395 e. The summed E-state index contributed by atoms with van der Waals surface area (Å²) in [5.41, 5.74) is 0.876. The van der Waals surface area contributed by atoms with E-state index in [0.29, 0.717) is 0 Å². The van der Waals surface area contributed by atoms with Gasteiger partial charge in [0.05, 0.1) is 13.0 Å². The molecule has 0 spiro atoms. The zero-order valence-electron chi connectivity index (χ0n) is 9.11. The number of hydrogen-bond acceptors (Lipinski definition) is 2. The molecule has 0 aromatic heterocycles. The maximum Gasteiger partial charge on any atom is 0.224 e. The van der Waals surface area contributed by atoms with Crippen molar-refractivity contribution < 1.29 is 14.3 Å². The highest BCUT2D eigenvalue weighted by atomic mass is 19.1. The van der Waals surface area contributed by atoms with Crippen molar-refractivity contribution in [2.45, 2.75) is 12.8 Å². The van der Waals surface area contributed by atoms with Crippen molar-refractivity contribution in [3.8, 4) is 0 Å². The van der Waals surface area contributed by atoms with E-state index in [4.69, 9.17) is 5.11 Å². The molecule has 0 aliphatic rings. The largest absolute Gasteiger partial charge is 0.395 e. The van der Waals surface area contributed by atoms with Crippen molar-refractivity contribution in [2.75, 3.05) is 13.2 Å². The van der Waals surface area contributed by atoms with Gasteiger partial charge in [0.2, 0.25) is 5.91 Å². The lowest BCUT2D eigenvalue weighted by molar-refractivity contribution is -0.118. The van der Waals surface area contributed by atoms with Crippen LogP contribution >= 0.6 is 0 Å². The van der Waals surface area contributed by atoms with Crippen molar-refractivity contribution >= 4 is 5.91 Å². The van der Waals surface area contributed by atoms with Gasteiger partial charge in [-0.05, 0) is 23.6 Å². The summed E-state index contributed by atoms with van der Waals surface area (Å²) >= 11 is 0. The fourth-order valence-electron chi connectivity index (χ4n) is 1.33. The van der Waals surface area contributed by atoms with Gasteiger partial charge in [0.25, 0.3) is 0 Å². The summed E-state index contributed by atoms with van der Waals surface area (Å²) in [6.07, 6.45) is 1.50. The molecule has 0 heterocycles. The molecule has 1 aromatic carbocycles. The van der Waals surface area contributed by atoms with Gasteiger partial charge < -0.3 is 10.4 Å². The molecule has 0 aliphatic carbocycles. The Morgan fingerprint density at radius 1 is 1.50 bits per heavy atom. The Hall–Kier alpha value is -1.42. The van der Waals surface area contributed by atoms with E-state index < -0.39 is 0 Å². The second-order valence-corrected chi connectivity index (χ2v) is 3.52. The molecule has 1 atom stereocenters. The molecule has 0 aliphatic heterocycles. The van der Waals surface area contributed by atoms with Crippen LogP contribution in [0.3, 0.4) is 0 Å². The van der Waals surface area contributed by atoms with E-state index in [9.17, 15) is 9.18 Å². The zero-order valence-corrected chi connectivity index (χ0v) is 9.11. The molecular weight excluding hydrogens is 209 g/mol. The average molecular weight is 224 g/mol. The number of benzene rings is 1. The third-order valence-electron chi connectivity index (χ3n) is 2.21. The Labute approximate surface area is 94.3 Å². The van der Waals surface area contributed by atoms with E-state index in [2.05, 4.69) is 5.32 Å². The van der Waals surface area contributed by atoms with E-state index in [-0.39, 0.29) is 30.8 Å². The summed E-state index contributed by atoms with van der Waals surface area (Å²) in [6.45, 7) is 2.02. The van der Waals surface area contributed by atoms with Gasteiger partial charge in [-0.25, -0.2) is 4.39 Å². The van der Waals surface area contributed by atoms with Gasteiger partial charge in [-0.2, -0.15) is 0 Å². The molecule has 1 unspecified atom stereocenters. The number of carbonyl (C=O) groups is 1. The number of rotatable bonds is 5. The Kier molecular flexibility index (Phi) is 4.92. The van der Waals surface area contributed by atoms with E-state index in [0.717, 1.165) is 5.56 Å². The van der Waals surface area contributed by atoms with Crippen LogP contribution in [-0.4, -0.2) is 24.2 Å². The van der Waals surface area contributed by atoms with Crippen molar-refractivity contribution in [3.05, 3.63) is 42.1 Å². The minimum absolute atomic E-state index is 0.0789. The van der Waals surface area contributed by atoms with E-state index >= 15 is 0 Å². The fourth-order valence-corrected chi connectivity index (χ4v) is 1.33. The molecule has 1 amide bonds. The Morgan fingerprint density at radius 2 is 2.12 bits per heavy atom. The van der Waals surface area contributed by atoms with E-state index in [1.165, 1.54) is 18.6 Å². The first kappa shape index (κ1) is 12.6. The quantitative estimate of drug-likeness (QED) is 0.790. The summed E-state index contributed by atoms with van der Waals surface area (Å²) in [5, 5.41) is 11.1. The van der Waals surface area contributed by atoms with E-state index in [1.54, 1.807) is 12.1 Å². The highest BCUT2D eigenvalue weighted by Gasteiger charge is 2.11. The standard InChI is InChI=1S/C12H15FNO2/c1-9(8-12(16)14-6-7-15)10-2-4-11(13)5-3-10/h2-5,8-9,15H,6-7H2,1H3,(H,14,16). The van der Waals surface area contributed by atoms with Gasteiger partial charge in [0.15, 0.2) is 0 Å². The third kappa shape index (κ3) is 3.98. The number of aliphatic hydroxyl groups excluding tert-OH is 1. The molecule has 0 bridgehead atoms. The second kappa shape index (κ2) is 6.23. The molecule has 16 heavy (non-hydrogen) atoms. The molecule has 2 N–H and O–H groups in total. The smallest absolute Gasteiger partial charge is 0.224 e. The molecular formula is C12H15FNO2. The first-order valence-electron chi connectivity index (χ1n) is 5.12. The predicted octanol–water partition coefficient (Wildman–Crippen LogP) is 1.24. The molecule has 1 radical (unpaired) electrons. The number of amides is 1. The molecule has 1 aromatic rings. The molecule has 0 saturated heterocycles. The fraction of sp³-hybridized carbons (Fsp3) is 0.333. The van der Waals surface area contributed by atoms with Crippen molar-refractivity contribution in [1.82, 2.24) is 5.32 Å². The molecule has 4 heteroatoms. The van der Waals surface area contributed by atoms with Crippen LogP contribution in [0.1, 0.15) is 18.4 Å². The highest BCUT2D eigenvalue weighted by Crippen LogP contribution is 2.18. The maximum absolute atomic E-state index is 12.7. The Morgan fingerprint density at radius 3 is 2.69 bits per heavy atom. The lowest BCUT2D eigenvalue weighted by Crippen LogP contribution is -2.27. The molecule has 87 valence electrons. The van der Waals surface area contributed by atoms with Crippen molar-refractivity contribution in [3.63, 3.8) is 0 Å². The van der Waals surface area contributed by atoms with Gasteiger partial charge in [-0.3, -0.25) is 4.79 Å². The second-order valence-electron chi connectivity index (χ2n) is 3.52. The first-order valence-corrected chi connectivity index (χ1v) is 5.12. The van der Waals surface area contributed by atoms with Crippen molar-refractivity contribution in [2.24, 2.45) is 0 Å². The van der Waals surface area contributed by atoms with Crippen LogP contribution in [0.4, 0.5) is 4.39 Å². The third-order valence-corrected chi connectivity index (χ3v) is 2.21. The summed E-state index contributed by atoms with van der Waals surface area (Å²) in [5.74, 6) is -0.606. The molecule has 3 nitrogen and oxygen atoms in total. The minimum atomic E-state index is -0.291. The Balaban J connectivity index is 2.48. The molecule has 0 saturated carbocycles. The normalized spacial score (nSPS) is 12.2. The lowest BCUT2D eigenvalue weighted by Gasteiger charge is -2.11. The van der Waals surface area contributed by atoms with Crippen LogP contribution in [0.5, 0.6) is 0 Å². The Bertz CT molecular complexity index is 337. The van der Waals surface area contributed by atoms with Gasteiger partial charge in [-0.15, -0.1) is 0 Å². The van der Waals surface area contributed by atoms with Crippen LogP contribution in [0.15, 0.2) is 24.3 Å². The van der Waals surface area contributed by atoms with Crippen LogP contribution in [0.25, 0.3) is 0 Å². The number of nitrogens with one attached hydrogen (secondary N) is 1. The topological polar surface area (TPSA) is 49.3 Å². The summed E-state index contributed by atoms with van der Waals surface area (Å²) in [7, 11) is 0. The SMILES string of the molecule is CC([CH]C(=O)NCCO)c1ccc(F)cc1. The van der Waals surface area contributed by atoms with Crippen LogP contribution in [0.2, 0.25) is 0 Å². The first-order chi connectivity index (χ1) is 7.63. The van der Waals surface area contributed by atoms with Crippen LogP contribution in [-0.2, 0) is 4.79 Å². The summed E-state index contributed by atoms with van der Waals surface area (Å²) < 4.78 is 12.7. The van der Waals surface area contributed by atoms with Gasteiger partial charge in [-0.1, -0.05) is 19.1 Å². The number of carbonyl (C=O) groups excluding carboxylic acids is 1. The predicted molar refractivity (Wildman–Crippen MR) is 59.2 cm³/mol. The number of hydrogen-bond donors (Lipinski definition) is 2. The van der Waals surface area contributed by atoms with Crippen LogP contribution < -0.4 is 5.32 Å². The monoisotopic (exact) mass is 224 g/mol. The summed E-state index contributed by atoms with van der Waals surface area (Å²) in [4.78, 5) is 11.3. The average Bonchev–Trinajstić information content (AvgIpc) is 2.27. The number of halogens is 1. The molecule has 1 rings (SSSR count). The van der Waals surface area contributed by atoms with Crippen molar-refractivity contribution in [1.29, 1.82) is 0 Å². The molecule has 0 fully saturated rings. The zero-order chi connectivity index (χ0) is 12.0. The highest BCUT2D eigenvalue weighted by molar-refractivity contribution is 5.85.